The maximum Gasteiger partial charge on any atom is 0.408 e. The second-order valence-corrected chi connectivity index (χ2v) is 5.14. The SMILES string of the molecule is [2H]c1cc(Cl)nc(-c2nc(NC([2H])(C)C(F)(F)F)nc(NC([2H])(C([2H])([2H])[2H])C(F)(F)F)n2)c1[2H]. The van der Waals surface area contributed by atoms with Gasteiger partial charge in [0.1, 0.15) is 22.9 Å². The fraction of sp³-hybridized carbons (Fsp3) is 0.429. The summed E-state index contributed by atoms with van der Waals surface area (Å²) in [6.45, 7) is -3.74. The van der Waals surface area contributed by atoms with E-state index in [2.05, 4.69) is 19.9 Å². The number of pyridine rings is 1. The standard InChI is InChI=1S/C14H13ClF6N6/c1-6(13(16,17)18)22-11-25-10(8-4-3-5-9(15)24-8)26-12(27-11)23-7(2)14(19,20)21/h3-7H,1-2H3,(H2,22,23,25,26,27)/i1D3,3D,4D,6D,7D. The third kappa shape index (κ3) is 5.81. The molecule has 2 rings (SSSR count). The molecule has 2 unspecified atom stereocenters. The maximum absolute atomic E-state index is 13.4. The van der Waals surface area contributed by atoms with Crippen LogP contribution in [0.25, 0.3) is 11.5 Å². The number of nitrogens with one attached hydrogen (secondary N) is 2. The molecule has 0 aliphatic rings. The lowest BCUT2D eigenvalue weighted by atomic mass is 10.3. The van der Waals surface area contributed by atoms with Crippen LogP contribution in [0.2, 0.25) is 5.15 Å². The molecule has 0 aliphatic heterocycles. The van der Waals surface area contributed by atoms with Crippen molar-refractivity contribution in [2.75, 3.05) is 10.6 Å². The minimum absolute atomic E-state index is 0.325. The maximum atomic E-state index is 13.4. The highest BCUT2D eigenvalue weighted by atomic mass is 35.5. The van der Waals surface area contributed by atoms with Crippen LogP contribution < -0.4 is 10.6 Å². The van der Waals surface area contributed by atoms with Gasteiger partial charge in [-0.2, -0.15) is 41.3 Å². The van der Waals surface area contributed by atoms with E-state index in [0.717, 1.165) is 6.07 Å². The first-order valence-corrected chi connectivity index (χ1v) is 7.07. The smallest absolute Gasteiger partial charge is 0.343 e. The quantitative estimate of drug-likeness (QED) is 0.553. The Hall–Kier alpha value is -2.37. The van der Waals surface area contributed by atoms with Crippen molar-refractivity contribution in [3.05, 3.63) is 23.3 Å². The fourth-order valence-electron chi connectivity index (χ4n) is 1.45. The van der Waals surface area contributed by atoms with Crippen LogP contribution in [-0.2, 0) is 0 Å². The molecule has 2 aromatic rings. The highest BCUT2D eigenvalue weighted by Crippen LogP contribution is 2.26. The molecule has 0 radical (unpaired) electrons. The first-order chi connectivity index (χ1) is 15.1. The topological polar surface area (TPSA) is 75.6 Å². The highest BCUT2D eigenvalue weighted by molar-refractivity contribution is 6.29. The fourth-order valence-corrected chi connectivity index (χ4v) is 1.59. The minimum atomic E-state index is -5.75. The average molecular weight is 422 g/mol. The molecule has 0 aliphatic carbocycles. The molecule has 0 saturated carbocycles. The van der Waals surface area contributed by atoms with Gasteiger partial charge in [0, 0.05) is 4.11 Å². The van der Waals surface area contributed by atoms with Gasteiger partial charge in [0.2, 0.25) is 11.9 Å². The first-order valence-electron chi connectivity index (χ1n) is 10.2. The summed E-state index contributed by atoms with van der Waals surface area (Å²) in [7, 11) is 0. The summed E-state index contributed by atoms with van der Waals surface area (Å²) in [6, 6.07) is -8.30. The Kier molecular flexibility index (Phi) is 3.69. The summed E-state index contributed by atoms with van der Waals surface area (Å²) >= 11 is 5.70. The molecule has 13 heteroatoms. The zero-order valence-electron chi connectivity index (χ0n) is 20.0. The molecule has 0 amide bonds. The van der Waals surface area contributed by atoms with Crippen LogP contribution in [-0.4, -0.2) is 44.3 Å². The molecule has 148 valence electrons. The Morgan fingerprint density at radius 3 is 2.11 bits per heavy atom. The predicted octanol–water partition coefficient (Wildman–Crippen LogP) is 4.31. The highest BCUT2D eigenvalue weighted by Gasteiger charge is 2.38. The third-order valence-electron chi connectivity index (χ3n) is 2.69. The number of nitrogens with zero attached hydrogens (tertiary/aromatic N) is 4. The van der Waals surface area contributed by atoms with Gasteiger partial charge in [-0.25, -0.2) is 4.98 Å². The average Bonchev–Trinajstić information content (AvgIpc) is 2.61. The van der Waals surface area contributed by atoms with Crippen LogP contribution in [0.3, 0.4) is 0 Å². The first kappa shape index (κ1) is 12.9. The van der Waals surface area contributed by atoms with Gasteiger partial charge in [-0.15, -0.1) is 0 Å². The van der Waals surface area contributed by atoms with E-state index in [1.807, 2.05) is 0 Å². The normalized spacial score (nSPS) is 21.1. The second kappa shape index (κ2) is 7.71. The molecule has 0 bridgehead atoms. The van der Waals surface area contributed by atoms with Crippen molar-refractivity contribution in [2.45, 2.75) is 38.2 Å². The number of aromatic nitrogens is 4. The van der Waals surface area contributed by atoms with Crippen molar-refractivity contribution >= 4 is 23.5 Å². The second-order valence-electron chi connectivity index (χ2n) is 4.75. The molecule has 2 atom stereocenters. The van der Waals surface area contributed by atoms with Crippen molar-refractivity contribution in [1.29, 1.82) is 0 Å². The van der Waals surface area contributed by atoms with Gasteiger partial charge in [0.05, 0.1) is 5.48 Å². The molecule has 2 N–H and O–H groups in total. The minimum Gasteiger partial charge on any atom is -0.343 e. The van der Waals surface area contributed by atoms with Crippen LogP contribution in [0, 0.1) is 0 Å². The van der Waals surface area contributed by atoms with Gasteiger partial charge in [-0.05, 0) is 25.9 Å². The summed E-state index contributed by atoms with van der Waals surface area (Å²) in [5.41, 5.74) is -0.679. The monoisotopic (exact) mass is 421 g/mol. The predicted molar refractivity (Wildman–Crippen MR) is 86.3 cm³/mol. The van der Waals surface area contributed by atoms with Crippen molar-refractivity contribution in [3.63, 3.8) is 0 Å². The number of halogens is 7. The van der Waals surface area contributed by atoms with E-state index in [9.17, 15) is 26.3 Å². The molecule has 2 heterocycles. The molecule has 0 aromatic carbocycles. The molecule has 27 heavy (non-hydrogen) atoms. The lowest BCUT2D eigenvalue weighted by molar-refractivity contribution is -0.139. The molecular formula is C14H13ClF6N6. The number of anilines is 2. The largest absolute Gasteiger partial charge is 0.408 e. The van der Waals surface area contributed by atoms with E-state index in [1.165, 1.54) is 10.6 Å². The van der Waals surface area contributed by atoms with Crippen molar-refractivity contribution in [1.82, 2.24) is 19.9 Å². The Bertz CT molecular complexity index is 1060. The van der Waals surface area contributed by atoms with Gasteiger partial charge in [-0.3, -0.25) is 0 Å². The van der Waals surface area contributed by atoms with Gasteiger partial charge < -0.3 is 10.6 Å². The van der Waals surface area contributed by atoms with Crippen LogP contribution in [0.5, 0.6) is 0 Å². The number of rotatable bonds is 5. The molecule has 0 spiro atoms. The third-order valence-corrected chi connectivity index (χ3v) is 2.89. The Labute approximate surface area is 164 Å². The van der Waals surface area contributed by atoms with Crippen LogP contribution in [0.15, 0.2) is 18.2 Å². The molecule has 2 aromatic heterocycles. The molecule has 0 saturated heterocycles. The van der Waals surface area contributed by atoms with Crippen molar-refractivity contribution in [3.8, 4) is 11.5 Å². The van der Waals surface area contributed by atoms with Gasteiger partial charge in [0.25, 0.3) is 0 Å². The van der Waals surface area contributed by atoms with Gasteiger partial charge >= 0.3 is 12.4 Å². The summed E-state index contributed by atoms with van der Waals surface area (Å²) in [5.74, 6) is -3.42. The molecule has 0 fully saturated rings. The van der Waals surface area contributed by atoms with E-state index in [4.69, 9.17) is 21.2 Å². The van der Waals surface area contributed by atoms with Crippen LogP contribution >= 0.6 is 11.6 Å². The Morgan fingerprint density at radius 2 is 1.59 bits per heavy atom. The van der Waals surface area contributed by atoms with E-state index in [1.54, 1.807) is 0 Å². The van der Waals surface area contributed by atoms with Crippen molar-refractivity contribution < 1.29 is 35.9 Å². The van der Waals surface area contributed by atoms with Crippen LogP contribution in [0.4, 0.5) is 38.2 Å². The number of alkyl halides is 6. The summed E-state index contributed by atoms with van der Waals surface area (Å²) < 4.78 is 131. The zero-order valence-corrected chi connectivity index (χ0v) is 13.8. The van der Waals surface area contributed by atoms with E-state index in [-0.39, 0.29) is 0 Å². The summed E-state index contributed by atoms with van der Waals surface area (Å²) in [4.78, 5) is 13.8. The Morgan fingerprint density at radius 1 is 1.04 bits per heavy atom. The zero-order chi connectivity index (χ0) is 26.5. The molecular weight excluding hydrogens is 402 g/mol. The van der Waals surface area contributed by atoms with E-state index < -0.39 is 71.9 Å². The van der Waals surface area contributed by atoms with Crippen molar-refractivity contribution in [2.24, 2.45) is 0 Å². The Balaban J connectivity index is 2.76. The summed E-state index contributed by atoms with van der Waals surface area (Å²) in [5, 5.41) is 2.32. The number of hydrogen-bond donors (Lipinski definition) is 2. The molecule has 6 nitrogen and oxygen atoms in total. The number of hydrogen-bond acceptors (Lipinski definition) is 6. The van der Waals surface area contributed by atoms with Crippen LogP contribution in [0.1, 0.15) is 23.4 Å². The lowest BCUT2D eigenvalue weighted by Crippen LogP contribution is -2.35. The van der Waals surface area contributed by atoms with E-state index in [0.29, 0.717) is 6.92 Å². The van der Waals surface area contributed by atoms with Gasteiger partial charge in [0.15, 0.2) is 5.82 Å². The summed E-state index contributed by atoms with van der Waals surface area (Å²) in [6.07, 6.45) is -11.0. The lowest BCUT2D eigenvalue weighted by Gasteiger charge is -2.20. The van der Waals surface area contributed by atoms with Gasteiger partial charge in [-0.1, -0.05) is 17.6 Å². The van der Waals surface area contributed by atoms with E-state index >= 15 is 0 Å².